The zero-order valence-corrected chi connectivity index (χ0v) is 17.5. The van der Waals surface area contributed by atoms with Gasteiger partial charge in [0.05, 0.1) is 5.71 Å². The summed E-state index contributed by atoms with van der Waals surface area (Å²) in [5.41, 5.74) is 9.70. The zero-order chi connectivity index (χ0) is 20.3. The van der Waals surface area contributed by atoms with E-state index in [0.717, 1.165) is 18.5 Å². The van der Waals surface area contributed by atoms with E-state index in [4.69, 9.17) is 0 Å². The smallest absolute Gasteiger partial charge is 0.0837 e. The van der Waals surface area contributed by atoms with Crippen LogP contribution in [-0.2, 0) is 12.0 Å². The first-order valence-corrected chi connectivity index (χ1v) is 10.4. The predicted octanol–water partition coefficient (Wildman–Crippen LogP) is 6.71. The molecule has 0 spiro atoms. The van der Waals surface area contributed by atoms with Crippen molar-refractivity contribution in [3.05, 3.63) is 71.3 Å². The summed E-state index contributed by atoms with van der Waals surface area (Å²) in [5.74, 6) is 0. The number of hydrogen-bond acceptors (Lipinski definition) is 2. The second kappa shape index (κ2) is 6.21. The number of hydrogen-bond donors (Lipinski definition) is 1. The fraction of sp³-hybridized carbons (Fsp3) is 0.269. The quantitative estimate of drug-likeness (QED) is 0.239. The maximum Gasteiger partial charge on any atom is 0.0837 e. The molecule has 5 rings (SSSR count). The maximum absolute atomic E-state index is 9.24. The van der Waals surface area contributed by atoms with Crippen LogP contribution in [0.3, 0.4) is 0 Å². The van der Waals surface area contributed by atoms with Crippen LogP contribution in [0.2, 0.25) is 0 Å². The third-order valence-corrected chi connectivity index (χ3v) is 7.00. The van der Waals surface area contributed by atoms with Crippen LogP contribution in [0.5, 0.6) is 0 Å². The van der Waals surface area contributed by atoms with Crippen molar-refractivity contribution in [3.8, 4) is 11.1 Å². The number of benzene rings is 3. The Balaban J connectivity index is 1.91. The fourth-order valence-corrected chi connectivity index (χ4v) is 5.17. The first-order valence-electron chi connectivity index (χ1n) is 10.4. The summed E-state index contributed by atoms with van der Waals surface area (Å²) in [6.45, 7) is 9.60. The van der Waals surface area contributed by atoms with Gasteiger partial charge in [-0.2, -0.15) is 0 Å². The van der Waals surface area contributed by atoms with Crippen molar-refractivity contribution in [2.24, 2.45) is 5.16 Å². The molecule has 1 aromatic heterocycles. The van der Waals surface area contributed by atoms with E-state index >= 15 is 0 Å². The van der Waals surface area contributed by atoms with Gasteiger partial charge in [0, 0.05) is 33.8 Å². The lowest BCUT2D eigenvalue weighted by Crippen LogP contribution is -2.19. The minimum atomic E-state index is 0.0286. The van der Waals surface area contributed by atoms with Crippen LogP contribution >= 0.6 is 0 Å². The lowest BCUT2D eigenvalue weighted by Gasteiger charge is -2.25. The molecule has 3 heteroatoms. The molecule has 0 saturated carbocycles. The molecule has 3 aromatic carbocycles. The van der Waals surface area contributed by atoms with Gasteiger partial charge >= 0.3 is 0 Å². The summed E-state index contributed by atoms with van der Waals surface area (Å²) >= 11 is 0. The van der Waals surface area contributed by atoms with Crippen LogP contribution < -0.4 is 0 Å². The van der Waals surface area contributed by atoms with Crippen LogP contribution in [0.1, 0.15) is 50.8 Å². The highest BCUT2D eigenvalue weighted by Crippen LogP contribution is 2.52. The van der Waals surface area contributed by atoms with E-state index in [2.05, 4.69) is 79.0 Å². The summed E-state index contributed by atoms with van der Waals surface area (Å²) in [4.78, 5) is 0. The molecule has 0 amide bonds. The van der Waals surface area contributed by atoms with Gasteiger partial charge in [-0.05, 0) is 72.4 Å². The highest BCUT2D eigenvalue weighted by molar-refractivity contribution is 6.13. The molecule has 4 aromatic rings. The van der Waals surface area contributed by atoms with Gasteiger partial charge in [0.15, 0.2) is 0 Å². The molecule has 3 nitrogen and oxygen atoms in total. The summed E-state index contributed by atoms with van der Waals surface area (Å²) in [6, 6.07) is 20.0. The van der Waals surface area contributed by atoms with Crippen LogP contribution in [0, 0.1) is 0 Å². The summed E-state index contributed by atoms with van der Waals surface area (Å²) in [5, 5.41) is 15.1. The molecule has 1 atom stereocenters. The maximum atomic E-state index is 9.24. The highest BCUT2D eigenvalue weighted by atomic mass is 16.4. The Morgan fingerprint density at radius 3 is 2.41 bits per heavy atom. The zero-order valence-electron chi connectivity index (χ0n) is 17.5. The molecule has 0 aliphatic heterocycles. The lowest BCUT2D eigenvalue weighted by molar-refractivity contribution is 0.319. The first-order chi connectivity index (χ1) is 14.0. The Hall–Kier alpha value is -3.07. The monoisotopic (exact) mass is 382 g/mol. The molecule has 1 N–H and O–H groups in total. The van der Waals surface area contributed by atoms with Crippen LogP contribution in [-0.4, -0.2) is 15.5 Å². The molecule has 146 valence electrons. The van der Waals surface area contributed by atoms with Gasteiger partial charge in [-0.25, -0.2) is 0 Å². The molecule has 29 heavy (non-hydrogen) atoms. The number of aromatic nitrogens is 1. The normalized spacial score (nSPS) is 18.4. The lowest BCUT2D eigenvalue weighted by atomic mass is 9.78. The second-order valence-corrected chi connectivity index (χ2v) is 8.31. The van der Waals surface area contributed by atoms with Gasteiger partial charge in [0.25, 0.3) is 0 Å². The minimum Gasteiger partial charge on any atom is -0.411 e. The Labute approximate surface area is 171 Å². The van der Waals surface area contributed by atoms with E-state index in [9.17, 15) is 5.21 Å². The molecule has 0 saturated heterocycles. The largest absolute Gasteiger partial charge is 0.411 e. The molecule has 0 radical (unpaired) electrons. The van der Waals surface area contributed by atoms with Gasteiger partial charge in [-0.15, -0.1) is 0 Å². The SMILES string of the molecule is CCn1c2ccc(/C(C)=N/O)cc2c2cc3c(cc21)-c1ccccc1C3(C)CC. The molecular weight excluding hydrogens is 356 g/mol. The van der Waals surface area contributed by atoms with Gasteiger partial charge in [-0.3, -0.25) is 0 Å². The molecule has 1 aliphatic carbocycles. The first kappa shape index (κ1) is 18.0. The van der Waals surface area contributed by atoms with E-state index in [1.807, 2.05) is 13.0 Å². The average molecular weight is 383 g/mol. The van der Waals surface area contributed by atoms with Crippen LogP contribution in [0.25, 0.3) is 32.9 Å². The van der Waals surface area contributed by atoms with E-state index in [0.29, 0.717) is 5.71 Å². The van der Waals surface area contributed by atoms with Gasteiger partial charge in [-0.1, -0.05) is 49.3 Å². The highest BCUT2D eigenvalue weighted by Gasteiger charge is 2.38. The Kier molecular flexibility index (Phi) is 3.86. The van der Waals surface area contributed by atoms with Crippen molar-refractivity contribution in [1.29, 1.82) is 0 Å². The fourth-order valence-electron chi connectivity index (χ4n) is 5.17. The van der Waals surface area contributed by atoms with Crippen molar-refractivity contribution >= 4 is 27.5 Å². The Morgan fingerprint density at radius 2 is 1.69 bits per heavy atom. The van der Waals surface area contributed by atoms with E-state index < -0.39 is 0 Å². The topological polar surface area (TPSA) is 37.5 Å². The molecular formula is C26H26N2O. The molecule has 1 unspecified atom stereocenters. The van der Waals surface area contributed by atoms with Crippen LogP contribution in [0.15, 0.2) is 59.8 Å². The Morgan fingerprint density at radius 1 is 0.931 bits per heavy atom. The van der Waals surface area contributed by atoms with Crippen molar-refractivity contribution in [2.75, 3.05) is 0 Å². The van der Waals surface area contributed by atoms with Crippen molar-refractivity contribution in [3.63, 3.8) is 0 Å². The van der Waals surface area contributed by atoms with Gasteiger partial charge in [0.1, 0.15) is 0 Å². The summed E-state index contributed by atoms with van der Waals surface area (Å²) in [7, 11) is 0. The van der Waals surface area contributed by atoms with Crippen molar-refractivity contribution < 1.29 is 5.21 Å². The molecule has 1 heterocycles. The number of rotatable bonds is 3. The molecule has 0 bridgehead atoms. The van der Waals surface area contributed by atoms with Crippen LogP contribution in [0.4, 0.5) is 0 Å². The number of nitrogens with zero attached hydrogens (tertiary/aromatic N) is 2. The third-order valence-electron chi connectivity index (χ3n) is 7.00. The van der Waals surface area contributed by atoms with E-state index in [1.165, 1.54) is 44.1 Å². The second-order valence-electron chi connectivity index (χ2n) is 8.31. The van der Waals surface area contributed by atoms with Crippen molar-refractivity contribution in [2.45, 2.75) is 46.1 Å². The molecule has 0 fully saturated rings. The van der Waals surface area contributed by atoms with E-state index in [-0.39, 0.29) is 5.41 Å². The number of oxime groups is 1. The minimum absolute atomic E-state index is 0.0286. The van der Waals surface area contributed by atoms with Gasteiger partial charge in [0.2, 0.25) is 0 Å². The summed E-state index contributed by atoms with van der Waals surface area (Å²) in [6.07, 6.45) is 1.07. The number of aryl methyl sites for hydroxylation is 1. The standard InChI is InChI=1S/C26H26N2O/c1-5-26(4)22-10-8-7-9-18(22)19-15-25-21(14-23(19)26)20-13-17(16(3)27-29)11-12-24(20)28(25)6-2/h7-15,29H,5-6H2,1-4H3/b27-16+. The average Bonchev–Trinajstić information content (AvgIpc) is 3.21. The number of fused-ring (bicyclic) bond motifs is 6. The van der Waals surface area contributed by atoms with Gasteiger partial charge < -0.3 is 9.77 Å². The van der Waals surface area contributed by atoms with Crippen molar-refractivity contribution in [1.82, 2.24) is 4.57 Å². The third kappa shape index (κ3) is 2.27. The van der Waals surface area contributed by atoms with E-state index in [1.54, 1.807) is 0 Å². The Bertz CT molecular complexity index is 1310. The summed E-state index contributed by atoms with van der Waals surface area (Å²) < 4.78 is 2.39. The molecule has 1 aliphatic rings. The predicted molar refractivity (Wildman–Crippen MR) is 121 cm³/mol.